The van der Waals surface area contributed by atoms with Crippen molar-refractivity contribution in [1.82, 2.24) is 0 Å². The zero-order chi connectivity index (χ0) is 13.0. The molecule has 0 saturated carbocycles. The summed E-state index contributed by atoms with van der Waals surface area (Å²) in [5.41, 5.74) is 0.927. The molecule has 0 aliphatic heterocycles. The van der Waals surface area contributed by atoms with Crippen molar-refractivity contribution in [2.45, 2.75) is 20.8 Å². The number of allylic oxidation sites excluding steroid dienone is 1. The Hall–Kier alpha value is -0.0000000000000000416. The minimum Gasteiger partial charge on any atom is -0.302 e. The summed E-state index contributed by atoms with van der Waals surface area (Å²) in [6.45, 7) is 5.41. The second kappa shape index (κ2) is 6.07. The van der Waals surface area contributed by atoms with Gasteiger partial charge in [0.05, 0.1) is 6.61 Å². The van der Waals surface area contributed by atoms with E-state index in [-0.39, 0.29) is 12.5 Å². The Balaban J connectivity index is 4.26. The van der Waals surface area contributed by atoms with Gasteiger partial charge in [0.15, 0.2) is 0 Å². The Labute approximate surface area is 93.9 Å². The molecule has 0 aliphatic rings. The smallest absolute Gasteiger partial charge is 0.302 e. The van der Waals surface area contributed by atoms with Crippen LogP contribution in [-0.4, -0.2) is 21.3 Å². The molecule has 0 spiro atoms. The van der Waals surface area contributed by atoms with Crippen molar-refractivity contribution in [2.24, 2.45) is 5.92 Å². The third-order valence-electron chi connectivity index (χ3n) is 1.76. The molecule has 1 atom stereocenters. The lowest BCUT2D eigenvalue weighted by Gasteiger charge is -2.11. The number of phosphoric acid groups is 2. The average Bonchev–Trinajstić information content (AvgIpc) is 1.98. The molecule has 0 rings (SSSR count). The van der Waals surface area contributed by atoms with Crippen LogP contribution < -0.4 is 0 Å². The molecule has 0 bridgehead atoms. The second-order valence-electron chi connectivity index (χ2n) is 3.44. The van der Waals surface area contributed by atoms with E-state index in [1.807, 2.05) is 13.8 Å². The first kappa shape index (κ1) is 16.0. The summed E-state index contributed by atoms with van der Waals surface area (Å²) in [7, 11) is -9.74. The van der Waals surface area contributed by atoms with E-state index in [1.54, 1.807) is 6.92 Å². The molecule has 96 valence electrons. The summed E-state index contributed by atoms with van der Waals surface area (Å²) in [6.07, 6.45) is 1.54. The molecule has 0 aliphatic carbocycles. The van der Waals surface area contributed by atoms with Gasteiger partial charge in [-0.3, -0.25) is 4.52 Å². The van der Waals surface area contributed by atoms with E-state index in [0.29, 0.717) is 0 Å². The molecule has 16 heavy (non-hydrogen) atoms. The van der Waals surface area contributed by atoms with Crippen LogP contribution in [-0.2, 0) is 18.0 Å². The fourth-order valence-corrected chi connectivity index (χ4v) is 2.18. The molecule has 0 heterocycles. The van der Waals surface area contributed by atoms with Crippen LogP contribution in [0.25, 0.3) is 0 Å². The van der Waals surface area contributed by atoms with Gasteiger partial charge < -0.3 is 14.7 Å². The normalized spacial score (nSPS) is 17.6. The summed E-state index contributed by atoms with van der Waals surface area (Å²) in [6, 6.07) is 0. The summed E-state index contributed by atoms with van der Waals surface area (Å²) in [5.74, 6) is 0.254. The molecule has 0 fully saturated rings. The van der Waals surface area contributed by atoms with Crippen LogP contribution in [0.15, 0.2) is 11.6 Å². The third-order valence-corrected chi connectivity index (χ3v) is 3.91. The van der Waals surface area contributed by atoms with E-state index >= 15 is 0 Å². The Bertz CT molecular complexity index is 343. The number of rotatable bonds is 6. The molecular weight excluding hydrogens is 258 g/mol. The topological polar surface area (TPSA) is 113 Å². The van der Waals surface area contributed by atoms with Crippen LogP contribution >= 0.6 is 15.6 Å². The molecule has 9 heteroatoms. The van der Waals surface area contributed by atoms with Gasteiger partial charge >= 0.3 is 15.6 Å². The van der Waals surface area contributed by atoms with Crippen molar-refractivity contribution in [2.75, 3.05) is 6.61 Å². The highest BCUT2D eigenvalue weighted by Crippen LogP contribution is 2.57. The molecule has 7 nitrogen and oxygen atoms in total. The average molecular weight is 274 g/mol. The second-order valence-corrected chi connectivity index (χ2v) is 6.27. The van der Waals surface area contributed by atoms with Crippen molar-refractivity contribution in [1.29, 1.82) is 0 Å². The Morgan fingerprint density at radius 3 is 2.19 bits per heavy atom. The van der Waals surface area contributed by atoms with E-state index in [9.17, 15) is 9.13 Å². The highest BCUT2D eigenvalue weighted by molar-refractivity contribution is 7.60. The highest BCUT2D eigenvalue weighted by Gasteiger charge is 2.31. The molecule has 0 aromatic heterocycles. The van der Waals surface area contributed by atoms with Crippen molar-refractivity contribution < 1.29 is 32.6 Å². The SMILES string of the molecule is CC(=CCOP(=O)(O)OP(=O)(O)O)C(C)C. The first-order valence-corrected chi connectivity index (χ1v) is 7.47. The van der Waals surface area contributed by atoms with Crippen LogP contribution in [0.1, 0.15) is 20.8 Å². The zero-order valence-corrected chi connectivity index (χ0v) is 11.0. The van der Waals surface area contributed by atoms with Crippen molar-refractivity contribution in [3.63, 3.8) is 0 Å². The van der Waals surface area contributed by atoms with Gasteiger partial charge in [0, 0.05) is 0 Å². The summed E-state index contributed by atoms with van der Waals surface area (Å²) < 4.78 is 29.2. The van der Waals surface area contributed by atoms with E-state index in [2.05, 4.69) is 8.83 Å². The molecule has 0 amide bonds. The van der Waals surface area contributed by atoms with Crippen molar-refractivity contribution in [3.8, 4) is 0 Å². The summed E-state index contributed by atoms with van der Waals surface area (Å²) in [5, 5.41) is 0. The highest BCUT2D eigenvalue weighted by atomic mass is 31.3. The maximum Gasteiger partial charge on any atom is 0.481 e. The first-order valence-electron chi connectivity index (χ1n) is 4.44. The third kappa shape index (κ3) is 8.19. The van der Waals surface area contributed by atoms with Gasteiger partial charge in [-0.25, -0.2) is 9.13 Å². The van der Waals surface area contributed by atoms with Gasteiger partial charge in [0.25, 0.3) is 0 Å². The number of phosphoric ester groups is 1. The van der Waals surface area contributed by atoms with Crippen LogP contribution in [0.4, 0.5) is 0 Å². The summed E-state index contributed by atoms with van der Waals surface area (Å²) in [4.78, 5) is 25.5. The Kier molecular flexibility index (Phi) is 6.07. The standard InChI is InChI=1S/C7H16O7P2/c1-6(2)7(3)4-5-13-16(11,12)14-15(8,9)10/h4,6H,5H2,1-3H3,(H,11,12)(H2,8,9,10). The predicted octanol–water partition coefficient (Wildman–Crippen LogP) is 1.81. The maximum atomic E-state index is 11.0. The van der Waals surface area contributed by atoms with E-state index in [1.165, 1.54) is 6.08 Å². The fourth-order valence-electron chi connectivity index (χ4n) is 0.657. The van der Waals surface area contributed by atoms with E-state index < -0.39 is 15.6 Å². The zero-order valence-electron chi connectivity index (χ0n) is 9.23. The maximum absolute atomic E-state index is 11.0. The Morgan fingerprint density at radius 2 is 1.81 bits per heavy atom. The first-order chi connectivity index (χ1) is 7.03. The van der Waals surface area contributed by atoms with Gasteiger partial charge in [0.1, 0.15) is 0 Å². The monoisotopic (exact) mass is 274 g/mol. The minimum absolute atomic E-state index is 0.252. The lowest BCUT2D eigenvalue weighted by atomic mass is 10.1. The quantitative estimate of drug-likeness (QED) is 0.500. The van der Waals surface area contributed by atoms with Gasteiger partial charge in [-0.2, -0.15) is 4.31 Å². The van der Waals surface area contributed by atoms with Crippen molar-refractivity contribution in [3.05, 3.63) is 11.6 Å². The van der Waals surface area contributed by atoms with Crippen molar-refractivity contribution >= 4 is 15.6 Å². The number of hydrogen-bond donors (Lipinski definition) is 3. The Morgan fingerprint density at radius 1 is 1.31 bits per heavy atom. The molecule has 3 N–H and O–H groups in total. The molecular formula is C7H16O7P2. The van der Waals surface area contributed by atoms with Crippen LogP contribution in [0, 0.1) is 5.92 Å². The van der Waals surface area contributed by atoms with E-state index in [4.69, 9.17) is 14.7 Å². The fraction of sp³-hybridized carbons (Fsp3) is 0.714. The lowest BCUT2D eigenvalue weighted by molar-refractivity contribution is 0.191. The van der Waals surface area contributed by atoms with E-state index in [0.717, 1.165) is 5.57 Å². The van der Waals surface area contributed by atoms with Crippen LogP contribution in [0.2, 0.25) is 0 Å². The van der Waals surface area contributed by atoms with Crippen LogP contribution in [0.5, 0.6) is 0 Å². The van der Waals surface area contributed by atoms with Crippen LogP contribution in [0.3, 0.4) is 0 Å². The minimum atomic E-state index is -5.03. The van der Waals surface area contributed by atoms with Gasteiger partial charge in [-0.15, -0.1) is 0 Å². The number of hydrogen-bond acceptors (Lipinski definition) is 4. The molecule has 0 aromatic rings. The molecule has 0 saturated heterocycles. The molecule has 0 aromatic carbocycles. The summed E-state index contributed by atoms with van der Waals surface area (Å²) >= 11 is 0. The van der Waals surface area contributed by atoms with Gasteiger partial charge in [-0.1, -0.05) is 25.5 Å². The molecule has 0 radical (unpaired) electrons. The van der Waals surface area contributed by atoms with Gasteiger partial charge in [0.2, 0.25) is 0 Å². The predicted molar refractivity (Wildman–Crippen MR) is 57.5 cm³/mol. The van der Waals surface area contributed by atoms with Gasteiger partial charge in [-0.05, 0) is 12.8 Å². The largest absolute Gasteiger partial charge is 0.481 e. The lowest BCUT2D eigenvalue weighted by Crippen LogP contribution is -1.96. The molecule has 1 unspecified atom stereocenters.